The van der Waals surface area contributed by atoms with Crippen molar-refractivity contribution >= 4 is 26.4 Å². The second kappa shape index (κ2) is 6.93. The molecule has 2 aromatic heterocycles. The zero-order valence-corrected chi connectivity index (χ0v) is 15.0. The molecule has 0 spiro atoms. The van der Waals surface area contributed by atoms with E-state index in [4.69, 9.17) is 9.52 Å². The summed E-state index contributed by atoms with van der Waals surface area (Å²) in [5.74, 6) is 1.81. The SMILES string of the molecule is COc1ccnc2c(N3CCC(CCS(C)(=N)=O)CC3)ccnc12. The van der Waals surface area contributed by atoms with Crippen LogP contribution in [0.15, 0.2) is 24.5 Å². The lowest BCUT2D eigenvalue weighted by Crippen LogP contribution is -2.34. The first-order chi connectivity index (χ1) is 11.5. The normalized spacial score (nSPS) is 18.5. The number of hydrogen-bond acceptors (Lipinski definition) is 6. The predicted octanol–water partition coefficient (Wildman–Crippen LogP) is 2.92. The highest BCUT2D eigenvalue weighted by Gasteiger charge is 2.22. The molecule has 7 heteroatoms. The Labute approximate surface area is 143 Å². The molecule has 1 N–H and O–H groups in total. The van der Waals surface area contributed by atoms with E-state index in [-0.39, 0.29) is 0 Å². The first kappa shape index (κ1) is 17.0. The van der Waals surface area contributed by atoms with Crippen LogP contribution in [0.3, 0.4) is 0 Å². The number of ether oxygens (including phenoxy) is 1. The van der Waals surface area contributed by atoms with Crippen LogP contribution in [-0.4, -0.2) is 46.4 Å². The number of pyridine rings is 2. The lowest BCUT2D eigenvalue weighted by molar-refractivity contribution is 0.396. The highest BCUT2D eigenvalue weighted by Crippen LogP contribution is 2.32. The van der Waals surface area contributed by atoms with Crippen molar-refractivity contribution in [3.05, 3.63) is 24.5 Å². The minimum absolute atomic E-state index is 0.509. The number of piperidine rings is 1. The maximum atomic E-state index is 11.6. The Kier molecular flexibility index (Phi) is 4.89. The molecule has 1 unspecified atom stereocenters. The van der Waals surface area contributed by atoms with Gasteiger partial charge >= 0.3 is 0 Å². The van der Waals surface area contributed by atoms with Crippen LogP contribution in [0.5, 0.6) is 5.75 Å². The van der Waals surface area contributed by atoms with Crippen molar-refractivity contribution in [2.45, 2.75) is 19.3 Å². The van der Waals surface area contributed by atoms with E-state index in [0.29, 0.717) is 11.7 Å². The first-order valence-electron chi connectivity index (χ1n) is 8.22. The Balaban J connectivity index is 1.74. The highest BCUT2D eigenvalue weighted by molar-refractivity contribution is 7.91. The molecule has 3 heterocycles. The Bertz CT molecular complexity index is 814. The molecule has 0 saturated carbocycles. The molecule has 0 aliphatic carbocycles. The van der Waals surface area contributed by atoms with Gasteiger partial charge in [0.25, 0.3) is 0 Å². The average molecular weight is 348 g/mol. The molecule has 1 aliphatic heterocycles. The number of rotatable bonds is 5. The van der Waals surface area contributed by atoms with Gasteiger partial charge in [0, 0.05) is 53.3 Å². The molecule has 6 nitrogen and oxygen atoms in total. The zero-order chi connectivity index (χ0) is 17.2. The van der Waals surface area contributed by atoms with Crippen molar-refractivity contribution in [3.8, 4) is 5.75 Å². The summed E-state index contributed by atoms with van der Waals surface area (Å²) in [6.45, 7) is 1.90. The smallest absolute Gasteiger partial charge is 0.148 e. The van der Waals surface area contributed by atoms with Crippen LogP contribution < -0.4 is 9.64 Å². The van der Waals surface area contributed by atoms with Crippen molar-refractivity contribution in [2.24, 2.45) is 5.92 Å². The summed E-state index contributed by atoms with van der Waals surface area (Å²) in [5, 5.41) is 0. The Morgan fingerprint density at radius 2 is 1.92 bits per heavy atom. The third kappa shape index (κ3) is 3.77. The fourth-order valence-corrected chi connectivity index (χ4v) is 4.07. The molecule has 1 fully saturated rings. The van der Waals surface area contributed by atoms with Crippen molar-refractivity contribution < 1.29 is 8.95 Å². The molecule has 0 amide bonds. The number of aromatic nitrogens is 2. The summed E-state index contributed by atoms with van der Waals surface area (Å²) in [6, 6.07) is 3.84. The van der Waals surface area contributed by atoms with E-state index in [1.807, 2.05) is 12.1 Å². The van der Waals surface area contributed by atoms with Gasteiger partial charge in [-0.3, -0.25) is 19.0 Å². The van der Waals surface area contributed by atoms with Gasteiger partial charge in [-0.2, -0.15) is 0 Å². The van der Waals surface area contributed by atoms with E-state index in [1.165, 1.54) is 6.26 Å². The summed E-state index contributed by atoms with van der Waals surface area (Å²) in [7, 11) is -0.726. The van der Waals surface area contributed by atoms with Crippen molar-refractivity contribution in [3.63, 3.8) is 0 Å². The molecule has 1 aliphatic rings. The average Bonchev–Trinajstić information content (AvgIpc) is 2.59. The topological polar surface area (TPSA) is 79.2 Å². The second-order valence-corrected chi connectivity index (χ2v) is 8.89. The van der Waals surface area contributed by atoms with Gasteiger partial charge in [0.05, 0.1) is 12.8 Å². The number of nitrogens with one attached hydrogen (secondary N) is 1. The first-order valence-corrected chi connectivity index (χ1v) is 10.4. The maximum absolute atomic E-state index is 11.6. The molecule has 24 heavy (non-hydrogen) atoms. The summed E-state index contributed by atoms with van der Waals surface area (Å²) in [6.07, 6.45) is 8.10. The van der Waals surface area contributed by atoms with Crippen molar-refractivity contribution in [1.29, 1.82) is 4.78 Å². The highest BCUT2D eigenvalue weighted by atomic mass is 32.2. The molecular weight excluding hydrogens is 324 g/mol. The number of fused-ring (bicyclic) bond motifs is 1. The summed E-state index contributed by atoms with van der Waals surface area (Å²) in [5.41, 5.74) is 2.76. The number of nitrogens with zero attached hydrogens (tertiary/aromatic N) is 3. The van der Waals surface area contributed by atoms with Crippen LogP contribution >= 0.6 is 0 Å². The molecule has 2 aromatic rings. The van der Waals surface area contributed by atoms with Gasteiger partial charge in [-0.1, -0.05) is 0 Å². The third-order valence-corrected chi connectivity index (χ3v) is 5.67. The van der Waals surface area contributed by atoms with Crippen LogP contribution in [0.25, 0.3) is 11.0 Å². The summed E-state index contributed by atoms with van der Waals surface area (Å²) < 4.78 is 24.5. The number of methoxy groups -OCH3 is 1. The van der Waals surface area contributed by atoms with Gasteiger partial charge < -0.3 is 9.64 Å². The minimum atomic E-state index is -2.37. The Hall–Kier alpha value is -1.89. The van der Waals surface area contributed by atoms with Crippen LogP contribution in [0.2, 0.25) is 0 Å². The van der Waals surface area contributed by atoms with Gasteiger partial charge in [0.2, 0.25) is 0 Å². The van der Waals surface area contributed by atoms with Gasteiger partial charge in [-0.25, -0.2) is 0 Å². The van der Waals surface area contributed by atoms with Crippen LogP contribution in [0.1, 0.15) is 19.3 Å². The molecule has 0 bridgehead atoms. The van der Waals surface area contributed by atoms with Gasteiger partial charge in [-0.15, -0.1) is 0 Å². The van der Waals surface area contributed by atoms with Gasteiger partial charge in [0.1, 0.15) is 16.8 Å². The monoisotopic (exact) mass is 348 g/mol. The van der Waals surface area contributed by atoms with Gasteiger partial charge in [-0.05, 0) is 31.2 Å². The van der Waals surface area contributed by atoms with Crippen LogP contribution in [0.4, 0.5) is 5.69 Å². The van der Waals surface area contributed by atoms with Crippen LogP contribution in [0, 0.1) is 10.7 Å². The fourth-order valence-electron chi connectivity index (χ4n) is 3.28. The molecule has 0 radical (unpaired) electrons. The molecule has 0 aromatic carbocycles. The lowest BCUT2D eigenvalue weighted by Gasteiger charge is -2.34. The summed E-state index contributed by atoms with van der Waals surface area (Å²) >= 11 is 0. The molecule has 3 rings (SSSR count). The van der Waals surface area contributed by atoms with Crippen LogP contribution in [-0.2, 0) is 9.73 Å². The minimum Gasteiger partial charge on any atom is -0.494 e. The van der Waals surface area contributed by atoms with E-state index in [1.54, 1.807) is 19.5 Å². The largest absolute Gasteiger partial charge is 0.494 e. The molecule has 130 valence electrons. The van der Waals surface area contributed by atoms with Gasteiger partial charge in [0.15, 0.2) is 0 Å². The fraction of sp³-hybridized carbons (Fsp3) is 0.529. The predicted molar refractivity (Wildman–Crippen MR) is 97.3 cm³/mol. The Morgan fingerprint density at radius 1 is 1.25 bits per heavy atom. The number of hydrogen-bond donors (Lipinski definition) is 1. The zero-order valence-electron chi connectivity index (χ0n) is 14.2. The van der Waals surface area contributed by atoms with E-state index < -0.39 is 9.73 Å². The van der Waals surface area contributed by atoms with E-state index in [2.05, 4.69) is 14.9 Å². The van der Waals surface area contributed by atoms with Crippen molar-refractivity contribution in [1.82, 2.24) is 9.97 Å². The quantitative estimate of drug-likeness (QED) is 0.899. The molecular formula is C17H24N4O2S. The Morgan fingerprint density at radius 3 is 2.58 bits per heavy atom. The van der Waals surface area contributed by atoms with E-state index in [0.717, 1.165) is 54.8 Å². The number of anilines is 1. The molecule has 1 atom stereocenters. The second-order valence-electron chi connectivity index (χ2n) is 6.47. The molecule has 1 saturated heterocycles. The maximum Gasteiger partial charge on any atom is 0.148 e. The standard InChI is InChI=1S/C17H24N4O2S/c1-23-15-4-9-19-16-14(3-8-20-17(15)16)21-10-5-13(6-11-21)7-12-24(2,18)22/h3-4,8-9,13,18H,5-7,10-12H2,1-2H3. The van der Waals surface area contributed by atoms with E-state index in [9.17, 15) is 4.21 Å². The third-order valence-electron chi connectivity index (χ3n) is 4.66. The summed E-state index contributed by atoms with van der Waals surface area (Å²) in [4.78, 5) is 11.3. The van der Waals surface area contributed by atoms with E-state index >= 15 is 0 Å². The van der Waals surface area contributed by atoms with Crippen molar-refractivity contribution in [2.75, 3.05) is 37.1 Å². The lowest BCUT2D eigenvalue weighted by atomic mass is 9.94.